The smallest absolute Gasteiger partial charge is 0.269 e. The molecule has 1 N–H and O–H groups in total. The molecule has 0 saturated heterocycles. The maximum absolute atomic E-state index is 13.7. The largest absolute Gasteiger partial charge is 0.497 e. The monoisotopic (exact) mass is 357 g/mol. The SMILES string of the molecule is COc1cccc(-c2cc(C(=O)NCc3c(F)cccc3F)n(C)n2)c1. The number of nitrogens with one attached hydrogen (secondary N) is 1. The number of halogens is 2. The van der Waals surface area contributed by atoms with Gasteiger partial charge in [0, 0.05) is 24.7 Å². The van der Waals surface area contributed by atoms with Gasteiger partial charge >= 0.3 is 0 Å². The molecule has 1 heterocycles. The molecular formula is C19H17F2N3O2. The molecule has 7 heteroatoms. The summed E-state index contributed by atoms with van der Waals surface area (Å²) in [4.78, 5) is 12.4. The molecule has 0 unspecified atom stereocenters. The Morgan fingerprint density at radius 3 is 2.54 bits per heavy atom. The Labute approximate surface area is 149 Å². The number of amides is 1. The van der Waals surface area contributed by atoms with Crippen molar-refractivity contribution in [1.29, 1.82) is 0 Å². The van der Waals surface area contributed by atoms with E-state index in [1.165, 1.54) is 10.7 Å². The molecule has 1 aromatic heterocycles. The summed E-state index contributed by atoms with van der Waals surface area (Å²) in [7, 11) is 3.19. The van der Waals surface area contributed by atoms with Gasteiger partial charge in [-0.05, 0) is 30.3 Å². The number of hydrogen-bond acceptors (Lipinski definition) is 3. The maximum atomic E-state index is 13.7. The normalized spacial score (nSPS) is 10.6. The van der Waals surface area contributed by atoms with Crippen molar-refractivity contribution < 1.29 is 18.3 Å². The zero-order chi connectivity index (χ0) is 18.7. The van der Waals surface area contributed by atoms with Crippen molar-refractivity contribution in [3.05, 3.63) is 71.4 Å². The van der Waals surface area contributed by atoms with Gasteiger partial charge in [-0.3, -0.25) is 9.48 Å². The lowest BCUT2D eigenvalue weighted by Gasteiger charge is -2.07. The van der Waals surface area contributed by atoms with Crippen LogP contribution >= 0.6 is 0 Å². The van der Waals surface area contributed by atoms with Crippen molar-refractivity contribution >= 4 is 5.91 Å². The number of carbonyl (C=O) groups is 1. The number of aryl methyl sites for hydroxylation is 1. The second kappa shape index (κ2) is 7.35. The Kier molecular flexibility index (Phi) is 4.97. The van der Waals surface area contributed by atoms with Crippen molar-refractivity contribution in [3.8, 4) is 17.0 Å². The fourth-order valence-corrected chi connectivity index (χ4v) is 2.56. The van der Waals surface area contributed by atoms with Crippen LogP contribution < -0.4 is 10.1 Å². The first-order valence-electron chi connectivity index (χ1n) is 7.89. The third-order valence-electron chi connectivity index (χ3n) is 3.97. The predicted octanol–water partition coefficient (Wildman–Crippen LogP) is 3.30. The van der Waals surface area contributed by atoms with Crippen LogP contribution in [0.2, 0.25) is 0 Å². The predicted molar refractivity (Wildman–Crippen MR) is 92.7 cm³/mol. The third-order valence-corrected chi connectivity index (χ3v) is 3.97. The van der Waals surface area contributed by atoms with Crippen LogP contribution in [0.5, 0.6) is 5.75 Å². The van der Waals surface area contributed by atoms with Gasteiger partial charge in [0.25, 0.3) is 5.91 Å². The van der Waals surface area contributed by atoms with E-state index in [0.717, 1.165) is 17.7 Å². The van der Waals surface area contributed by atoms with E-state index in [4.69, 9.17) is 4.74 Å². The number of aromatic nitrogens is 2. The second-order valence-electron chi connectivity index (χ2n) is 5.65. The van der Waals surface area contributed by atoms with E-state index < -0.39 is 17.5 Å². The van der Waals surface area contributed by atoms with E-state index >= 15 is 0 Å². The molecule has 0 aliphatic rings. The lowest BCUT2D eigenvalue weighted by Crippen LogP contribution is -2.26. The summed E-state index contributed by atoms with van der Waals surface area (Å²) < 4.78 is 33.9. The Hall–Kier alpha value is -3.22. The minimum atomic E-state index is -0.702. The third kappa shape index (κ3) is 3.56. The Balaban J connectivity index is 1.79. The quantitative estimate of drug-likeness (QED) is 0.762. The van der Waals surface area contributed by atoms with Gasteiger partial charge in [-0.15, -0.1) is 0 Å². The summed E-state index contributed by atoms with van der Waals surface area (Å²) in [6.07, 6.45) is 0. The van der Waals surface area contributed by atoms with E-state index in [1.807, 2.05) is 18.2 Å². The first kappa shape index (κ1) is 17.6. The summed E-state index contributed by atoms with van der Waals surface area (Å²) in [6.45, 7) is -0.253. The number of methoxy groups -OCH3 is 1. The van der Waals surface area contributed by atoms with Crippen molar-refractivity contribution in [1.82, 2.24) is 15.1 Å². The van der Waals surface area contributed by atoms with Gasteiger partial charge in [0.1, 0.15) is 23.1 Å². The van der Waals surface area contributed by atoms with Gasteiger partial charge in [0.15, 0.2) is 0 Å². The average molecular weight is 357 g/mol. The van der Waals surface area contributed by atoms with Crippen molar-refractivity contribution in [3.63, 3.8) is 0 Å². The molecule has 0 saturated carbocycles. The van der Waals surface area contributed by atoms with Gasteiger partial charge in [-0.2, -0.15) is 5.10 Å². The first-order chi connectivity index (χ1) is 12.5. The van der Waals surface area contributed by atoms with Crippen molar-refractivity contribution in [2.45, 2.75) is 6.54 Å². The van der Waals surface area contributed by atoms with Gasteiger partial charge in [0.05, 0.1) is 12.8 Å². The number of nitrogens with zero attached hydrogens (tertiary/aromatic N) is 2. The van der Waals surface area contributed by atoms with E-state index in [1.54, 1.807) is 26.3 Å². The highest BCUT2D eigenvalue weighted by Gasteiger charge is 2.16. The van der Waals surface area contributed by atoms with Gasteiger partial charge < -0.3 is 10.1 Å². The molecule has 0 spiro atoms. The maximum Gasteiger partial charge on any atom is 0.269 e. The number of ether oxygens (including phenoxy) is 1. The molecular weight excluding hydrogens is 340 g/mol. The molecule has 2 aromatic carbocycles. The molecule has 0 radical (unpaired) electrons. The molecule has 134 valence electrons. The van der Waals surface area contributed by atoms with Gasteiger partial charge in [-0.1, -0.05) is 18.2 Å². The number of carbonyl (C=O) groups excluding carboxylic acids is 1. The van der Waals surface area contributed by atoms with Crippen LogP contribution in [-0.2, 0) is 13.6 Å². The van der Waals surface area contributed by atoms with E-state index in [9.17, 15) is 13.6 Å². The topological polar surface area (TPSA) is 56.1 Å². The molecule has 0 atom stereocenters. The van der Waals surface area contributed by atoms with Crippen LogP contribution in [0.4, 0.5) is 8.78 Å². The van der Waals surface area contributed by atoms with E-state index in [0.29, 0.717) is 11.4 Å². The summed E-state index contributed by atoms with van der Waals surface area (Å²) in [5.41, 5.74) is 1.48. The van der Waals surface area contributed by atoms with E-state index in [2.05, 4.69) is 10.4 Å². The molecule has 3 aromatic rings. The summed E-state index contributed by atoms with van der Waals surface area (Å²) in [5, 5.41) is 6.84. The Morgan fingerprint density at radius 2 is 1.85 bits per heavy atom. The number of hydrogen-bond donors (Lipinski definition) is 1. The minimum absolute atomic E-state index is 0.184. The summed E-state index contributed by atoms with van der Waals surface area (Å²) in [5.74, 6) is -1.20. The van der Waals surface area contributed by atoms with Crippen LogP contribution in [0.1, 0.15) is 16.1 Å². The van der Waals surface area contributed by atoms with Gasteiger partial charge in [-0.25, -0.2) is 8.78 Å². The number of rotatable bonds is 5. The molecule has 0 aliphatic carbocycles. The number of benzene rings is 2. The minimum Gasteiger partial charge on any atom is -0.497 e. The molecule has 3 rings (SSSR count). The molecule has 0 aliphatic heterocycles. The Bertz CT molecular complexity index is 933. The summed E-state index contributed by atoms with van der Waals surface area (Å²) >= 11 is 0. The zero-order valence-electron chi connectivity index (χ0n) is 14.3. The second-order valence-corrected chi connectivity index (χ2v) is 5.65. The highest BCUT2D eigenvalue weighted by Crippen LogP contribution is 2.23. The molecule has 1 amide bonds. The van der Waals surface area contributed by atoms with Crippen LogP contribution in [0.3, 0.4) is 0 Å². The molecule has 26 heavy (non-hydrogen) atoms. The fraction of sp³-hybridized carbons (Fsp3) is 0.158. The highest BCUT2D eigenvalue weighted by molar-refractivity contribution is 5.93. The zero-order valence-corrected chi connectivity index (χ0v) is 14.3. The standard InChI is InChI=1S/C19H17F2N3O2/c1-24-18(10-17(23-24)12-5-3-6-13(9-12)26-2)19(25)22-11-14-15(20)7-4-8-16(14)21/h3-10H,11H2,1-2H3,(H,22,25). The molecule has 5 nitrogen and oxygen atoms in total. The van der Waals surface area contributed by atoms with Crippen LogP contribution in [0.25, 0.3) is 11.3 Å². The van der Waals surface area contributed by atoms with Crippen LogP contribution in [0.15, 0.2) is 48.5 Å². The summed E-state index contributed by atoms with van der Waals surface area (Å²) in [6, 6.07) is 12.5. The fourth-order valence-electron chi connectivity index (χ4n) is 2.56. The van der Waals surface area contributed by atoms with Crippen molar-refractivity contribution in [2.75, 3.05) is 7.11 Å². The highest BCUT2D eigenvalue weighted by atomic mass is 19.1. The van der Waals surface area contributed by atoms with Crippen LogP contribution in [0, 0.1) is 11.6 Å². The molecule has 0 bridgehead atoms. The lowest BCUT2D eigenvalue weighted by molar-refractivity contribution is 0.0941. The average Bonchev–Trinajstić information content (AvgIpc) is 3.03. The van der Waals surface area contributed by atoms with Crippen molar-refractivity contribution in [2.24, 2.45) is 7.05 Å². The van der Waals surface area contributed by atoms with Gasteiger partial charge in [0.2, 0.25) is 0 Å². The lowest BCUT2D eigenvalue weighted by atomic mass is 10.1. The first-order valence-corrected chi connectivity index (χ1v) is 7.89. The molecule has 0 fully saturated rings. The van der Waals surface area contributed by atoms with Crippen LogP contribution in [-0.4, -0.2) is 22.8 Å². The Morgan fingerprint density at radius 1 is 1.15 bits per heavy atom. The van der Waals surface area contributed by atoms with E-state index in [-0.39, 0.29) is 17.8 Å².